The molecule has 2 atom stereocenters. The fourth-order valence-electron chi connectivity index (χ4n) is 3.46. The normalized spacial score (nSPS) is 13.5. The highest BCUT2D eigenvalue weighted by molar-refractivity contribution is 8.00. The molecule has 2 unspecified atom stereocenters. The zero-order valence-electron chi connectivity index (χ0n) is 16.8. The molecule has 0 amide bonds. The molecule has 0 aliphatic rings. The molecule has 3 heteroatoms. The first-order valence-corrected chi connectivity index (χ1v) is 11.5. The lowest BCUT2D eigenvalue weighted by Gasteiger charge is -2.22. The first-order valence-electron chi connectivity index (χ1n) is 10.6. The third-order valence-corrected chi connectivity index (χ3v) is 6.52. The van der Waals surface area contributed by atoms with E-state index in [2.05, 4.69) is 13.8 Å². The molecular formula is C23H38O2S. The van der Waals surface area contributed by atoms with Gasteiger partial charge in [0.1, 0.15) is 5.25 Å². The number of carboxylic acids is 1. The Kier molecular flexibility index (Phi) is 13.4. The van der Waals surface area contributed by atoms with Crippen LogP contribution >= 0.6 is 11.8 Å². The number of carbonyl (C=O) groups is 1. The average molecular weight is 379 g/mol. The number of carboxylic acid groups (broad SMARTS) is 1. The number of aliphatic carboxylic acids is 1. The van der Waals surface area contributed by atoms with Crippen LogP contribution in [0.15, 0.2) is 35.2 Å². The molecule has 1 N–H and O–H groups in total. The molecule has 0 aliphatic heterocycles. The van der Waals surface area contributed by atoms with E-state index >= 15 is 0 Å². The summed E-state index contributed by atoms with van der Waals surface area (Å²) >= 11 is 1.51. The highest BCUT2D eigenvalue weighted by Crippen LogP contribution is 2.32. The molecule has 0 heterocycles. The molecule has 2 nitrogen and oxygen atoms in total. The number of unbranched alkanes of at least 4 members (excludes halogenated alkanes) is 9. The van der Waals surface area contributed by atoms with Crippen LogP contribution in [0.4, 0.5) is 0 Å². The summed E-state index contributed by atoms with van der Waals surface area (Å²) in [6, 6.07) is 9.94. The monoisotopic (exact) mass is 378 g/mol. The second-order valence-electron chi connectivity index (χ2n) is 7.33. The molecule has 148 valence electrons. The second kappa shape index (κ2) is 15.1. The molecule has 26 heavy (non-hydrogen) atoms. The summed E-state index contributed by atoms with van der Waals surface area (Å²) in [6.45, 7) is 4.39. The SMILES string of the molecule is CCCCCCCCCCCCC(CC)C(Sc1ccccc1)C(=O)O. The lowest BCUT2D eigenvalue weighted by atomic mass is 9.94. The van der Waals surface area contributed by atoms with Gasteiger partial charge in [-0.25, -0.2) is 0 Å². The van der Waals surface area contributed by atoms with Gasteiger partial charge in [0.25, 0.3) is 0 Å². The lowest BCUT2D eigenvalue weighted by molar-refractivity contribution is -0.137. The van der Waals surface area contributed by atoms with Gasteiger partial charge in [-0.15, -0.1) is 11.8 Å². The maximum absolute atomic E-state index is 11.8. The predicted octanol–water partition coefficient (Wildman–Crippen LogP) is 7.57. The van der Waals surface area contributed by atoms with Crippen molar-refractivity contribution in [1.29, 1.82) is 0 Å². The minimum absolute atomic E-state index is 0.256. The smallest absolute Gasteiger partial charge is 0.317 e. The van der Waals surface area contributed by atoms with Gasteiger partial charge in [-0.3, -0.25) is 4.79 Å². The zero-order chi connectivity index (χ0) is 19.0. The fourth-order valence-corrected chi connectivity index (χ4v) is 4.69. The van der Waals surface area contributed by atoms with E-state index in [1.165, 1.54) is 69.5 Å². The van der Waals surface area contributed by atoms with Gasteiger partial charge in [-0.05, 0) is 24.5 Å². The first-order chi connectivity index (χ1) is 12.7. The van der Waals surface area contributed by atoms with Gasteiger partial charge in [0.05, 0.1) is 0 Å². The van der Waals surface area contributed by atoms with Crippen LogP contribution in [0.5, 0.6) is 0 Å². The van der Waals surface area contributed by atoms with Crippen LogP contribution in [0.3, 0.4) is 0 Å². The third-order valence-electron chi connectivity index (χ3n) is 5.13. The highest BCUT2D eigenvalue weighted by Gasteiger charge is 2.27. The molecule has 0 radical (unpaired) electrons. The number of thioether (sulfide) groups is 1. The average Bonchev–Trinajstić information content (AvgIpc) is 2.65. The largest absolute Gasteiger partial charge is 0.480 e. The minimum Gasteiger partial charge on any atom is -0.480 e. The molecule has 0 aromatic heterocycles. The van der Waals surface area contributed by atoms with Crippen LogP contribution in [-0.4, -0.2) is 16.3 Å². The standard InChI is InChI=1S/C23H38O2S/c1-3-5-6-7-8-9-10-11-12-14-17-20(4-2)22(23(24)25)26-21-18-15-13-16-19-21/h13,15-16,18-20,22H,3-12,14,17H2,1-2H3,(H,24,25). The minimum atomic E-state index is -0.669. The second-order valence-corrected chi connectivity index (χ2v) is 8.54. The van der Waals surface area contributed by atoms with E-state index < -0.39 is 5.97 Å². The van der Waals surface area contributed by atoms with Gasteiger partial charge in [-0.2, -0.15) is 0 Å². The Morgan fingerprint density at radius 2 is 1.42 bits per heavy atom. The van der Waals surface area contributed by atoms with Crippen LogP contribution in [0.25, 0.3) is 0 Å². The summed E-state index contributed by atoms with van der Waals surface area (Å²) in [5.74, 6) is -0.412. The van der Waals surface area contributed by atoms with Crippen molar-refractivity contribution >= 4 is 17.7 Å². The zero-order valence-corrected chi connectivity index (χ0v) is 17.6. The molecule has 0 aliphatic carbocycles. The van der Waals surface area contributed by atoms with E-state index in [1.807, 2.05) is 30.3 Å². The molecule has 0 fully saturated rings. The quantitative estimate of drug-likeness (QED) is 0.238. The molecular weight excluding hydrogens is 340 g/mol. The summed E-state index contributed by atoms with van der Waals surface area (Å²) in [5.41, 5.74) is 0. The van der Waals surface area contributed by atoms with Crippen molar-refractivity contribution < 1.29 is 9.90 Å². The van der Waals surface area contributed by atoms with Gasteiger partial charge >= 0.3 is 5.97 Å². The molecule has 0 bridgehead atoms. The lowest BCUT2D eigenvalue weighted by Crippen LogP contribution is -2.26. The Hall–Kier alpha value is -0.960. The third kappa shape index (κ3) is 10.3. The van der Waals surface area contributed by atoms with E-state index in [1.54, 1.807) is 0 Å². The summed E-state index contributed by atoms with van der Waals surface area (Å²) < 4.78 is 0. The maximum atomic E-state index is 11.8. The molecule has 0 saturated heterocycles. The first kappa shape index (κ1) is 23.1. The van der Waals surface area contributed by atoms with Crippen molar-refractivity contribution in [2.75, 3.05) is 0 Å². The van der Waals surface area contributed by atoms with Crippen molar-refractivity contribution in [2.24, 2.45) is 5.92 Å². The summed E-state index contributed by atoms with van der Waals surface area (Å²) in [4.78, 5) is 12.8. The number of benzene rings is 1. The van der Waals surface area contributed by atoms with Crippen LogP contribution in [0.1, 0.15) is 90.9 Å². The maximum Gasteiger partial charge on any atom is 0.317 e. The van der Waals surface area contributed by atoms with E-state index in [0.29, 0.717) is 0 Å². The van der Waals surface area contributed by atoms with Gasteiger partial charge in [-0.1, -0.05) is 103 Å². The summed E-state index contributed by atoms with van der Waals surface area (Å²) in [7, 11) is 0. The van der Waals surface area contributed by atoms with E-state index in [9.17, 15) is 9.90 Å². The number of hydrogen-bond donors (Lipinski definition) is 1. The molecule has 0 saturated carbocycles. The fraction of sp³-hybridized carbons (Fsp3) is 0.696. The predicted molar refractivity (Wildman–Crippen MR) is 114 cm³/mol. The highest BCUT2D eigenvalue weighted by atomic mass is 32.2. The molecule has 1 aromatic carbocycles. The van der Waals surface area contributed by atoms with Crippen LogP contribution < -0.4 is 0 Å². The Morgan fingerprint density at radius 3 is 1.92 bits per heavy atom. The Balaban J connectivity index is 2.23. The van der Waals surface area contributed by atoms with Crippen molar-refractivity contribution in [3.63, 3.8) is 0 Å². The van der Waals surface area contributed by atoms with Gasteiger partial charge < -0.3 is 5.11 Å². The molecule has 0 spiro atoms. The summed E-state index contributed by atoms with van der Waals surface area (Å²) in [6.07, 6.45) is 15.2. The topological polar surface area (TPSA) is 37.3 Å². The van der Waals surface area contributed by atoms with Crippen LogP contribution in [0, 0.1) is 5.92 Å². The van der Waals surface area contributed by atoms with Crippen molar-refractivity contribution in [2.45, 2.75) is 101 Å². The Labute approximate surface area is 165 Å². The van der Waals surface area contributed by atoms with E-state index in [4.69, 9.17) is 0 Å². The number of hydrogen-bond acceptors (Lipinski definition) is 2. The Bertz CT molecular complexity index is 461. The van der Waals surface area contributed by atoms with Gasteiger partial charge in [0.15, 0.2) is 0 Å². The van der Waals surface area contributed by atoms with Gasteiger partial charge in [0.2, 0.25) is 0 Å². The molecule has 1 aromatic rings. The van der Waals surface area contributed by atoms with Crippen molar-refractivity contribution in [3.8, 4) is 0 Å². The Morgan fingerprint density at radius 1 is 0.885 bits per heavy atom. The molecule has 1 rings (SSSR count). The van der Waals surface area contributed by atoms with E-state index in [0.717, 1.165) is 24.2 Å². The number of rotatable bonds is 16. The van der Waals surface area contributed by atoms with Crippen molar-refractivity contribution in [1.82, 2.24) is 0 Å². The van der Waals surface area contributed by atoms with Crippen LogP contribution in [0.2, 0.25) is 0 Å². The van der Waals surface area contributed by atoms with E-state index in [-0.39, 0.29) is 11.2 Å². The van der Waals surface area contributed by atoms with Gasteiger partial charge in [0, 0.05) is 4.90 Å². The van der Waals surface area contributed by atoms with Crippen LogP contribution in [-0.2, 0) is 4.79 Å². The van der Waals surface area contributed by atoms with Crippen molar-refractivity contribution in [3.05, 3.63) is 30.3 Å². The summed E-state index contributed by atoms with van der Waals surface area (Å²) in [5, 5.41) is 9.34.